The van der Waals surface area contributed by atoms with Crippen LogP contribution in [-0.4, -0.2) is 29.7 Å². The van der Waals surface area contributed by atoms with E-state index in [0.29, 0.717) is 11.5 Å². The molecule has 0 radical (unpaired) electrons. The van der Waals surface area contributed by atoms with Gasteiger partial charge in [0.1, 0.15) is 11.6 Å². The molecule has 0 unspecified atom stereocenters. The van der Waals surface area contributed by atoms with E-state index >= 15 is 0 Å². The van der Waals surface area contributed by atoms with E-state index in [0.717, 1.165) is 24.8 Å². The lowest BCUT2D eigenvalue weighted by Crippen LogP contribution is -2.47. The van der Waals surface area contributed by atoms with Crippen molar-refractivity contribution in [2.45, 2.75) is 45.2 Å². The lowest BCUT2D eigenvalue weighted by Gasteiger charge is -2.38. The van der Waals surface area contributed by atoms with Crippen molar-refractivity contribution in [3.05, 3.63) is 29.3 Å². The van der Waals surface area contributed by atoms with Crippen molar-refractivity contribution in [3.8, 4) is 17.6 Å². The SMILES string of the molecule is C[C@@H]1CCC[C@H](C)N1C(=O)/C(C#N)=C/c1ccc2c(c1)OCO2. The van der Waals surface area contributed by atoms with Gasteiger partial charge in [-0.2, -0.15) is 5.26 Å². The molecule has 1 fully saturated rings. The van der Waals surface area contributed by atoms with Gasteiger partial charge in [-0.25, -0.2) is 0 Å². The number of amides is 1. The topological polar surface area (TPSA) is 62.6 Å². The summed E-state index contributed by atoms with van der Waals surface area (Å²) in [6.45, 7) is 4.29. The van der Waals surface area contributed by atoms with Crippen LogP contribution in [0.25, 0.3) is 6.08 Å². The van der Waals surface area contributed by atoms with Gasteiger partial charge in [-0.05, 0) is 56.9 Å². The molecular weight excluding hydrogens is 292 g/mol. The molecule has 120 valence electrons. The second-order valence-corrected chi connectivity index (χ2v) is 6.12. The Morgan fingerprint density at radius 3 is 2.65 bits per heavy atom. The number of carbonyl (C=O) groups is 1. The van der Waals surface area contributed by atoms with E-state index in [1.165, 1.54) is 0 Å². The maximum atomic E-state index is 12.8. The zero-order chi connectivity index (χ0) is 16.4. The molecule has 1 aromatic rings. The zero-order valence-corrected chi connectivity index (χ0v) is 13.4. The Morgan fingerprint density at radius 2 is 1.96 bits per heavy atom. The zero-order valence-electron chi connectivity index (χ0n) is 13.4. The van der Waals surface area contributed by atoms with Gasteiger partial charge in [0.15, 0.2) is 11.5 Å². The average molecular weight is 312 g/mol. The van der Waals surface area contributed by atoms with Crippen molar-refractivity contribution in [1.29, 1.82) is 5.26 Å². The van der Waals surface area contributed by atoms with E-state index in [1.807, 2.05) is 24.8 Å². The van der Waals surface area contributed by atoms with Crippen LogP contribution in [0.2, 0.25) is 0 Å². The summed E-state index contributed by atoms with van der Waals surface area (Å²) in [4.78, 5) is 14.6. The third-order valence-electron chi connectivity index (χ3n) is 4.49. The Hall–Kier alpha value is -2.48. The minimum Gasteiger partial charge on any atom is -0.454 e. The first-order chi connectivity index (χ1) is 11.1. The lowest BCUT2D eigenvalue weighted by atomic mass is 9.96. The number of rotatable bonds is 2. The highest BCUT2D eigenvalue weighted by atomic mass is 16.7. The van der Waals surface area contributed by atoms with Crippen molar-refractivity contribution in [3.63, 3.8) is 0 Å². The number of nitriles is 1. The molecule has 1 aromatic carbocycles. The minimum atomic E-state index is -0.190. The lowest BCUT2D eigenvalue weighted by molar-refractivity contribution is -0.132. The quantitative estimate of drug-likeness (QED) is 0.622. The highest BCUT2D eigenvalue weighted by Gasteiger charge is 2.30. The van der Waals surface area contributed by atoms with Crippen molar-refractivity contribution in [2.24, 2.45) is 0 Å². The number of likely N-dealkylation sites (tertiary alicyclic amines) is 1. The average Bonchev–Trinajstić information content (AvgIpc) is 2.99. The molecule has 0 aliphatic carbocycles. The highest BCUT2D eigenvalue weighted by molar-refractivity contribution is 6.02. The maximum absolute atomic E-state index is 12.8. The Labute approximate surface area is 136 Å². The van der Waals surface area contributed by atoms with Gasteiger partial charge in [0, 0.05) is 12.1 Å². The van der Waals surface area contributed by atoms with Crippen LogP contribution in [0.4, 0.5) is 0 Å². The van der Waals surface area contributed by atoms with Crippen molar-refractivity contribution >= 4 is 12.0 Å². The summed E-state index contributed by atoms with van der Waals surface area (Å²) in [5, 5.41) is 9.43. The molecule has 0 spiro atoms. The summed E-state index contributed by atoms with van der Waals surface area (Å²) in [5.74, 6) is 1.14. The van der Waals surface area contributed by atoms with Gasteiger partial charge < -0.3 is 14.4 Å². The number of fused-ring (bicyclic) bond motifs is 1. The van der Waals surface area contributed by atoms with E-state index in [2.05, 4.69) is 6.07 Å². The number of hydrogen-bond acceptors (Lipinski definition) is 4. The fourth-order valence-electron chi connectivity index (χ4n) is 3.27. The molecule has 0 N–H and O–H groups in total. The fourth-order valence-corrected chi connectivity index (χ4v) is 3.27. The molecule has 2 aliphatic rings. The second-order valence-electron chi connectivity index (χ2n) is 6.12. The third kappa shape index (κ3) is 3.02. The summed E-state index contributed by atoms with van der Waals surface area (Å²) in [7, 11) is 0. The van der Waals surface area contributed by atoms with E-state index in [-0.39, 0.29) is 30.4 Å². The normalized spacial score (nSPS) is 23.5. The molecule has 2 aliphatic heterocycles. The monoisotopic (exact) mass is 312 g/mol. The fraction of sp³-hybridized carbons (Fsp3) is 0.444. The Morgan fingerprint density at radius 1 is 1.26 bits per heavy atom. The number of benzene rings is 1. The number of piperidine rings is 1. The molecule has 1 amide bonds. The molecule has 5 heteroatoms. The van der Waals surface area contributed by atoms with Crippen LogP contribution in [0.3, 0.4) is 0 Å². The van der Waals surface area contributed by atoms with Crippen molar-refractivity contribution in [2.75, 3.05) is 6.79 Å². The van der Waals surface area contributed by atoms with Crippen LogP contribution >= 0.6 is 0 Å². The molecule has 23 heavy (non-hydrogen) atoms. The van der Waals surface area contributed by atoms with Crippen LogP contribution in [0.15, 0.2) is 23.8 Å². The van der Waals surface area contributed by atoms with E-state index in [9.17, 15) is 10.1 Å². The first-order valence-corrected chi connectivity index (χ1v) is 7.94. The molecule has 3 rings (SSSR count). The second kappa shape index (κ2) is 6.33. The largest absolute Gasteiger partial charge is 0.454 e. The van der Waals surface area contributed by atoms with Gasteiger partial charge in [0.05, 0.1) is 0 Å². The summed E-state index contributed by atoms with van der Waals surface area (Å²) in [5.41, 5.74) is 0.918. The molecule has 0 aromatic heterocycles. The summed E-state index contributed by atoms with van der Waals surface area (Å²) in [6.07, 6.45) is 4.72. The minimum absolute atomic E-state index is 0.157. The number of nitrogens with zero attached hydrogens (tertiary/aromatic N) is 2. The van der Waals surface area contributed by atoms with Gasteiger partial charge >= 0.3 is 0 Å². The van der Waals surface area contributed by atoms with Gasteiger partial charge in [0.25, 0.3) is 5.91 Å². The molecule has 0 bridgehead atoms. The predicted molar refractivity (Wildman–Crippen MR) is 85.8 cm³/mol. The predicted octanol–water partition coefficient (Wildman–Crippen LogP) is 3.11. The van der Waals surface area contributed by atoms with E-state index in [1.54, 1.807) is 18.2 Å². The number of carbonyl (C=O) groups excluding carboxylic acids is 1. The van der Waals surface area contributed by atoms with Crippen molar-refractivity contribution in [1.82, 2.24) is 4.90 Å². The maximum Gasteiger partial charge on any atom is 0.265 e. The molecule has 1 saturated heterocycles. The first kappa shape index (κ1) is 15.4. The van der Waals surface area contributed by atoms with Crippen LogP contribution < -0.4 is 9.47 Å². The van der Waals surface area contributed by atoms with Crippen molar-refractivity contribution < 1.29 is 14.3 Å². The third-order valence-corrected chi connectivity index (χ3v) is 4.49. The van der Waals surface area contributed by atoms with Gasteiger partial charge in [-0.15, -0.1) is 0 Å². The van der Waals surface area contributed by atoms with Crippen LogP contribution in [-0.2, 0) is 4.79 Å². The molecule has 2 heterocycles. The standard InChI is InChI=1S/C18H20N2O3/c1-12-4-3-5-13(2)20(12)18(21)15(10-19)8-14-6-7-16-17(9-14)23-11-22-16/h6-9,12-13H,3-5,11H2,1-2H3/b15-8+/t12-,13+. The van der Waals surface area contributed by atoms with Crippen LogP contribution in [0, 0.1) is 11.3 Å². The van der Waals surface area contributed by atoms with Crippen LogP contribution in [0.5, 0.6) is 11.5 Å². The van der Waals surface area contributed by atoms with Gasteiger partial charge in [0.2, 0.25) is 6.79 Å². The van der Waals surface area contributed by atoms with Gasteiger partial charge in [-0.1, -0.05) is 6.07 Å². The Balaban J connectivity index is 1.87. The highest BCUT2D eigenvalue weighted by Crippen LogP contribution is 2.33. The molecule has 2 atom stereocenters. The summed E-state index contributed by atoms with van der Waals surface area (Å²) >= 11 is 0. The Kier molecular flexibility index (Phi) is 4.24. The molecular formula is C18H20N2O3. The molecule has 0 saturated carbocycles. The summed E-state index contributed by atoms with van der Waals surface area (Å²) < 4.78 is 10.6. The van der Waals surface area contributed by atoms with E-state index in [4.69, 9.17) is 9.47 Å². The summed E-state index contributed by atoms with van der Waals surface area (Å²) in [6, 6.07) is 7.79. The first-order valence-electron chi connectivity index (χ1n) is 7.94. The number of ether oxygens (including phenoxy) is 2. The Bertz CT molecular complexity index is 680. The van der Waals surface area contributed by atoms with E-state index < -0.39 is 0 Å². The smallest absolute Gasteiger partial charge is 0.265 e. The van der Waals surface area contributed by atoms with Crippen LogP contribution in [0.1, 0.15) is 38.7 Å². The number of hydrogen-bond donors (Lipinski definition) is 0. The van der Waals surface area contributed by atoms with Gasteiger partial charge in [-0.3, -0.25) is 4.79 Å². The molecule has 5 nitrogen and oxygen atoms in total.